The maximum atomic E-state index is 13.1. The molecular weight excluding hydrogens is 374 g/mol. The van der Waals surface area contributed by atoms with Crippen molar-refractivity contribution < 1.29 is 18.0 Å². The van der Waals surface area contributed by atoms with Crippen LogP contribution in [0.4, 0.5) is 0 Å². The Morgan fingerprint density at radius 1 is 1.12 bits per heavy atom. The third-order valence-corrected chi connectivity index (χ3v) is 6.47. The topological polar surface area (TPSA) is 95.6 Å². The number of hydrazine groups is 1. The summed E-state index contributed by atoms with van der Waals surface area (Å²) in [5, 5.41) is 1.47. The fourth-order valence-corrected chi connectivity index (χ4v) is 5.15. The molecule has 9 heteroatoms. The van der Waals surface area contributed by atoms with Crippen LogP contribution < -0.4 is 10.9 Å². The first kappa shape index (κ1) is 18.7. The number of carbonyl (C=O) groups is 2. The highest BCUT2D eigenvalue weighted by atomic mass is 32.2. The monoisotopic (exact) mass is 393 g/mol. The Labute approximate surface area is 157 Å². The Morgan fingerprint density at radius 2 is 1.81 bits per heavy atom. The van der Waals surface area contributed by atoms with E-state index in [2.05, 4.69) is 23.5 Å². The predicted octanol–water partition coefficient (Wildman–Crippen LogP) is 1.07. The van der Waals surface area contributed by atoms with Gasteiger partial charge in [-0.2, -0.15) is 16.9 Å². The Kier molecular flexibility index (Phi) is 5.22. The molecule has 0 bridgehead atoms. The summed E-state index contributed by atoms with van der Waals surface area (Å²) >= 11 is 4.34. The number of amides is 2. The molecule has 0 saturated carbocycles. The van der Waals surface area contributed by atoms with Crippen molar-refractivity contribution in [2.45, 2.75) is 29.5 Å². The van der Waals surface area contributed by atoms with Gasteiger partial charge in [0.05, 0.1) is 4.90 Å². The second-order valence-electron chi connectivity index (χ2n) is 6.16. The molecule has 138 valence electrons. The summed E-state index contributed by atoms with van der Waals surface area (Å²) in [5.41, 5.74) is 4.44. The van der Waals surface area contributed by atoms with Gasteiger partial charge in [-0.25, -0.2) is 8.42 Å². The zero-order valence-corrected chi connectivity index (χ0v) is 15.8. The summed E-state index contributed by atoms with van der Waals surface area (Å²) in [6, 6.07) is 11.4. The Morgan fingerprint density at radius 3 is 2.50 bits per heavy atom. The van der Waals surface area contributed by atoms with Crippen molar-refractivity contribution in [2.75, 3.05) is 6.54 Å². The minimum absolute atomic E-state index is 0.121. The van der Waals surface area contributed by atoms with E-state index in [9.17, 15) is 18.0 Å². The number of sulfonamides is 1. The number of nitrogens with one attached hydrogen (secondary N) is 2. The molecule has 0 unspecified atom stereocenters. The van der Waals surface area contributed by atoms with Gasteiger partial charge in [-0.05, 0) is 29.3 Å². The van der Waals surface area contributed by atoms with Crippen molar-refractivity contribution in [1.29, 1.82) is 0 Å². The molecule has 2 amide bonds. The second-order valence-corrected chi connectivity index (χ2v) is 8.78. The Hall–Kier alpha value is -2.10. The minimum atomic E-state index is -3.88. The molecule has 3 rings (SSSR count). The lowest BCUT2D eigenvalue weighted by atomic mass is 10.1. The lowest BCUT2D eigenvalue weighted by Gasteiger charge is -2.23. The maximum Gasteiger partial charge on any atom is 0.256 e. The molecular formula is C17H19N3O4S2. The van der Waals surface area contributed by atoms with Gasteiger partial charge in [0.25, 0.3) is 5.91 Å². The van der Waals surface area contributed by atoms with Crippen molar-refractivity contribution in [3.05, 3.63) is 42.5 Å². The van der Waals surface area contributed by atoms with E-state index in [-0.39, 0.29) is 23.1 Å². The molecule has 2 aromatic rings. The van der Waals surface area contributed by atoms with Gasteiger partial charge in [-0.15, -0.1) is 0 Å². The summed E-state index contributed by atoms with van der Waals surface area (Å²) in [6.07, 6.45) is 0.265. The molecule has 1 saturated heterocycles. The predicted molar refractivity (Wildman–Crippen MR) is 101 cm³/mol. The molecule has 0 spiro atoms. The second kappa shape index (κ2) is 7.26. The summed E-state index contributed by atoms with van der Waals surface area (Å²) < 4.78 is 27.3. The Bertz CT molecular complexity index is 961. The van der Waals surface area contributed by atoms with Gasteiger partial charge < -0.3 is 0 Å². The van der Waals surface area contributed by atoms with E-state index >= 15 is 0 Å². The standard InChI is InChI=1S/C17H19N3O4S2/c1-11(21)18-19-17(22)16-9-14(25)10-20(16)26(23,24)15-7-6-12-4-2-3-5-13(12)8-15/h2-8,14,16,25H,9-10H2,1H3,(H,18,21)(H,19,22)/t14-,16+/m1/s1. The normalized spacial score (nSPS) is 20.8. The smallest absolute Gasteiger partial charge is 0.256 e. The number of nitrogens with zero attached hydrogens (tertiary/aromatic N) is 1. The number of fused-ring (bicyclic) bond motifs is 1. The van der Waals surface area contributed by atoms with Crippen LogP contribution in [0.25, 0.3) is 10.8 Å². The van der Waals surface area contributed by atoms with Crippen molar-refractivity contribution in [2.24, 2.45) is 0 Å². The first-order valence-corrected chi connectivity index (χ1v) is 10.00. The lowest BCUT2D eigenvalue weighted by Crippen LogP contribution is -2.51. The van der Waals surface area contributed by atoms with Crippen molar-refractivity contribution in [3.8, 4) is 0 Å². The average molecular weight is 393 g/mol. The van der Waals surface area contributed by atoms with Gasteiger partial charge >= 0.3 is 0 Å². The number of thiol groups is 1. The molecule has 0 radical (unpaired) electrons. The van der Waals surface area contributed by atoms with Crippen LogP contribution in [0.3, 0.4) is 0 Å². The van der Waals surface area contributed by atoms with E-state index in [4.69, 9.17) is 0 Å². The van der Waals surface area contributed by atoms with Gasteiger partial charge in [0.15, 0.2) is 0 Å². The van der Waals surface area contributed by atoms with E-state index in [0.29, 0.717) is 0 Å². The van der Waals surface area contributed by atoms with Crippen LogP contribution in [0.1, 0.15) is 13.3 Å². The van der Waals surface area contributed by atoms with E-state index in [1.165, 1.54) is 13.0 Å². The molecule has 7 nitrogen and oxygen atoms in total. The van der Waals surface area contributed by atoms with Gasteiger partial charge in [0.1, 0.15) is 6.04 Å². The fraction of sp³-hybridized carbons (Fsp3) is 0.294. The van der Waals surface area contributed by atoms with E-state index < -0.39 is 27.9 Å². The summed E-state index contributed by atoms with van der Waals surface area (Å²) in [4.78, 5) is 23.4. The summed E-state index contributed by atoms with van der Waals surface area (Å²) in [7, 11) is -3.88. The van der Waals surface area contributed by atoms with Crippen LogP contribution in [0.15, 0.2) is 47.4 Å². The molecule has 1 heterocycles. The van der Waals surface area contributed by atoms with Crippen LogP contribution in [-0.4, -0.2) is 42.4 Å². The highest BCUT2D eigenvalue weighted by Gasteiger charge is 2.43. The van der Waals surface area contributed by atoms with Crippen LogP contribution in [0, 0.1) is 0 Å². The zero-order valence-electron chi connectivity index (χ0n) is 14.0. The lowest BCUT2D eigenvalue weighted by molar-refractivity contribution is -0.129. The SMILES string of the molecule is CC(=O)NNC(=O)[C@@H]1C[C@@H](S)CN1S(=O)(=O)c1ccc2ccccc2c1. The Balaban J connectivity index is 1.92. The molecule has 2 aromatic carbocycles. The fourth-order valence-electron chi connectivity index (χ4n) is 2.98. The number of carbonyl (C=O) groups excluding carboxylic acids is 2. The van der Waals surface area contributed by atoms with Gasteiger partial charge in [0, 0.05) is 18.7 Å². The molecule has 1 fully saturated rings. The molecule has 1 aliphatic rings. The number of benzene rings is 2. The third kappa shape index (κ3) is 3.69. The van der Waals surface area contributed by atoms with E-state index in [0.717, 1.165) is 15.1 Å². The van der Waals surface area contributed by atoms with Crippen LogP contribution in [-0.2, 0) is 19.6 Å². The van der Waals surface area contributed by atoms with E-state index in [1.54, 1.807) is 12.1 Å². The molecule has 0 aromatic heterocycles. The van der Waals surface area contributed by atoms with Crippen molar-refractivity contribution >= 4 is 45.2 Å². The highest BCUT2D eigenvalue weighted by molar-refractivity contribution is 7.89. The first-order chi connectivity index (χ1) is 12.3. The summed E-state index contributed by atoms with van der Waals surface area (Å²) in [5.74, 6) is -1.02. The summed E-state index contributed by atoms with van der Waals surface area (Å²) in [6.45, 7) is 1.37. The van der Waals surface area contributed by atoms with Crippen molar-refractivity contribution in [1.82, 2.24) is 15.2 Å². The highest BCUT2D eigenvalue weighted by Crippen LogP contribution is 2.30. The van der Waals surface area contributed by atoms with Gasteiger partial charge in [-0.1, -0.05) is 30.3 Å². The average Bonchev–Trinajstić information content (AvgIpc) is 3.02. The molecule has 2 atom stereocenters. The number of hydrogen-bond acceptors (Lipinski definition) is 5. The maximum absolute atomic E-state index is 13.1. The third-order valence-electron chi connectivity index (χ3n) is 4.23. The van der Waals surface area contributed by atoms with Gasteiger partial charge in [-0.3, -0.25) is 20.4 Å². The molecule has 2 N–H and O–H groups in total. The van der Waals surface area contributed by atoms with Gasteiger partial charge in [0.2, 0.25) is 15.9 Å². The van der Waals surface area contributed by atoms with E-state index in [1.807, 2.05) is 24.3 Å². The van der Waals surface area contributed by atoms with Crippen LogP contribution in [0.5, 0.6) is 0 Å². The van der Waals surface area contributed by atoms with Crippen LogP contribution in [0.2, 0.25) is 0 Å². The number of hydrogen-bond donors (Lipinski definition) is 3. The van der Waals surface area contributed by atoms with Crippen LogP contribution >= 0.6 is 12.6 Å². The molecule has 26 heavy (non-hydrogen) atoms. The minimum Gasteiger partial charge on any atom is -0.274 e. The largest absolute Gasteiger partial charge is 0.274 e. The van der Waals surface area contributed by atoms with Crippen molar-refractivity contribution in [3.63, 3.8) is 0 Å². The molecule has 0 aliphatic carbocycles. The quantitative estimate of drug-likeness (QED) is 0.537. The number of rotatable bonds is 3. The molecule has 1 aliphatic heterocycles. The zero-order chi connectivity index (χ0) is 18.9. The first-order valence-electron chi connectivity index (χ1n) is 8.04.